The summed E-state index contributed by atoms with van der Waals surface area (Å²) >= 11 is 0. The Labute approximate surface area is 177 Å². The minimum absolute atomic E-state index is 0.125. The zero-order valence-electron chi connectivity index (χ0n) is 17.1. The molecule has 0 aromatic heterocycles. The second kappa shape index (κ2) is 9.14. The summed E-state index contributed by atoms with van der Waals surface area (Å²) < 4.78 is 48.3. The van der Waals surface area contributed by atoms with E-state index in [0.717, 1.165) is 44.3 Å². The van der Waals surface area contributed by atoms with Gasteiger partial charge in [0.05, 0.1) is 12.4 Å². The number of ether oxygens (including phenoxy) is 1. The Bertz CT molecular complexity index is 927. The number of rotatable bonds is 6. The van der Waals surface area contributed by atoms with E-state index in [2.05, 4.69) is 29.2 Å². The minimum atomic E-state index is -3.62. The van der Waals surface area contributed by atoms with Crippen LogP contribution in [0.3, 0.4) is 0 Å². The van der Waals surface area contributed by atoms with Crippen molar-refractivity contribution in [2.75, 3.05) is 25.9 Å². The molecule has 0 N–H and O–H groups in total. The van der Waals surface area contributed by atoms with Crippen LogP contribution in [0.5, 0.6) is 0 Å². The Kier molecular flexibility index (Phi) is 6.53. The maximum Gasteiger partial charge on any atom is 0.264 e. The van der Waals surface area contributed by atoms with Crippen molar-refractivity contribution in [1.29, 1.82) is 0 Å². The molecule has 7 heteroatoms. The summed E-state index contributed by atoms with van der Waals surface area (Å²) in [4.78, 5) is 2.38. The lowest BCUT2D eigenvalue weighted by atomic mass is 9.89. The predicted molar refractivity (Wildman–Crippen MR) is 113 cm³/mol. The average Bonchev–Trinajstić information content (AvgIpc) is 3.10. The maximum atomic E-state index is 13.3. The summed E-state index contributed by atoms with van der Waals surface area (Å²) in [7, 11) is -3.62. The van der Waals surface area contributed by atoms with Crippen LogP contribution in [0.15, 0.2) is 54.6 Å². The van der Waals surface area contributed by atoms with Gasteiger partial charge in [0.1, 0.15) is 18.0 Å². The van der Waals surface area contributed by atoms with Gasteiger partial charge >= 0.3 is 0 Å². The number of hydrogen-bond acceptors (Lipinski definition) is 5. The smallest absolute Gasteiger partial charge is 0.264 e. The lowest BCUT2D eigenvalue weighted by Crippen LogP contribution is -2.38. The topological polar surface area (TPSA) is 55.8 Å². The molecule has 2 fully saturated rings. The highest BCUT2D eigenvalue weighted by Gasteiger charge is 2.40. The molecule has 0 unspecified atom stereocenters. The van der Waals surface area contributed by atoms with E-state index in [0.29, 0.717) is 12.3 Å². The van der Waals surface area contributed by atoms with Gasteiger partial charge < -0.3 is 9.64 Å². The first-order valence-corrected chi connectivity index (χ1v) is 12.3. The predicted octanol–water partition coefficient (Wildman–Crippen LogP) is 3.88. The molecule has 0 spiro atoms. The van der Waals surface area contributed by atoms with Gasteiger partial charge in [-0.15, -0.1) is 0 Å². The van der Waals surface area contributed by atoms with E-state index in [1.54, 1.807) is 12.1 Å². The van der Waals surface area contributed by atoms with E-state index >= 15 is 0 Å². The number of likely N-dealkylation sites (tertiary alicyclic amines) is 1. The molecule has 3 atom stereocenters. The van der Waals surface area contributed by atoms with Crippen molar-refractivity contribution in [3.05, 3.63) is 71.5 Å². The van der Waals surface area contributed by atoms with Crippen LogP contribution in [0.4, 0.5) is 4.39 Å². The molecule has 4 rings (SSSR count). The van der Waals surface area contributed by atoms with Crippen LogP contribution < -0.4 is 0 Å². The Morgan fingerprint density at radius 1 is 1.03 bits per heavy atom. The largest absolute Gasteiger partial charge is 0.366 e. The molecule has 2 saturated heterocycles. The Morgan fingerprint density at radius 2 is 1.70 bits per heavy atom. The minimum Gasteiger partial charge on any atom is -0.366 e. The molecule has 2 heterocycles. The Hall–Kier alpha value is -1.80. The first-order chi connectivity index (χ1) is 14.4. The van der Waals surface area contributed by atoms with E-state index in [1.165, 1.54) is 17.7 Å². The molecule has 2 aromatic carbocycles. The zero-order valence-corrected chi connectivity index (χ0v) is 17.9. The second-order valence-corrected chi connectivity index (χ2v) is 9.89. The molecule has 30 heavy (non-hydrogen) atoms. The maximum absolute atomic E-state index is 13.3. The van der Waals surface area contributed by atoms with Crippen LogP contribution in [-0.4, -0.2) is 51.4 Å². The van der Waals surface area contributed by atoms with E-state index < -0.39 is 22.3 Å². The van der Waals surface area contributed by atoms with Gasteiger partial charge in [-0.05, 0) is 55.1 Å². The van der Waals surface area contributed by atoms with Gasteiger partial charge in [0.15, 0.2) is 0 Å². The first-order valence-electron chi connectivity index (χ1n) is 10.4. The molecule has 0 aliphatic carbocycles. The molecule has 0 amide bonds. The number of piperidine rings is 1. The van der Waals surface area contributed by atoms with Crippen molar-refractivity contribution in [2.45, 2.75) is 43.5 Å². The highest BCUT2D eigenvalue weighted by Crippen LogP contribution is 2.37. The Morgan fingerprint density at radius 3 is 2.33 bits per heavy atom. The Balaban J connectivity index is 1.38. The zero-order chi connectivity index (χ0) is 21.1. The third kappa shape index (κ3) is 5.46. The lowest BCUT2D eigenvalue weighted by molar-refractivity contribution is -0.000200. The summed E-state index contributed by atoms with van der Waals surface area (Å²) in [6.07, 6.45) is 2.50. The summed E-state index contributed by atoms with van der Waals surface area (Å²) in [6, 6.07) is 16.6. The van der Waals surface area contributed by atoms with E-state index in [-0.39, 0.29) is 11.9 Å². The molecule has 0 radical (unpaired) electrons. The van der Waals surface area contributed by atoms with Crippen LogP contribution in [-0.2, 0) is 19.0 Å². The van der Waals surface area contributed by atoms with Crippen LogP contribution >= 0.6 is 0 Å². The van der Waals surface area contributed by atoms with Gasteiger partial charge in [0, 0.05) is 13.0 Å². The standard InChI is InChI=1S/C23H28FNO4S/c1-30(26,27)29-22-15-21(28-23(22)19-7-9-20(24)10-8-19)16-25-13-11-18(12-14-25)17-5-3-2-4-6-17/h2-10,18,21-23H,11-16H2,1H3/t21-,22-,23-/m0/s1. The first kappa shape index (κ1) is 21.4. The SMILES string of the molecule is CS(=O)(=O)O[C@H]1C[C@@H](CN2CCC(c3ccccc3)CC2)O[C@H]1c1ccc(F)cc1. The van der Waals surface area contributed by atoms with Crippen molar-refractivity contribution in [2.24, 2.45) is 0 Å². The molecule has 5 nitrogen and oxygen atoms in total. The van der Waals surface area contributed by atoms with E-state index in [9.17, 15) is 12.8 Å². The van der Waals surface area contributed by atoms with Gasteiger partial charge in [0.2, 0.25) is 0 Å². The third-order valence-corrected chi connectivity index (χ3v) is 6.59. The summed E-state index contributed by atoms with van der Waals surface area (Å²) in [6.45, 7) is 2.71. The van der Waals surface area contributed by atoms with E-state index in [4.69, 9.17) is 8.92 Å². The summed E-state index contributed by atoms with van der Waals surface area (Å²) in [5, 5.41) is 0. The number of nitrogens with zero attached hydrogens (tertiary/aromatic N) is 1. The number of halogens is 1. The number of benzene rings is 2. The molecule has 0 bridgehead atoms. The second-order valence-electron chi connectivity index (χ2n) is 8.29. The van der Waals surface area contributed by atoms with Crippen LogP contribution in [0.1, 0.15) is 42.4 Å². The highest BCUT2D eigenvalue weighted by molar-refractivity contribution is 7.86. The van der Waals surface area contributed by atoms with Crippen molar-refractivity contribution >= 4 is 10.1 Å². The molecule has 162 valence electrons. The quantitative estimate of drug-likeness (QED) is 0.647. The van der Waals surface area contributed by atoms with E-state index in [1.807, 2.05) is 6.07 Å². The van der Waals surface area contributed by atoms with Crippen molar-refractivity contribution in [3.63, 3.8) is 0 Å². The van der Waals surface area contributed by atoms with Crippen molar-refractivity contribution < 1.29 is 21.7 Å². The summed E-state index contributed by atoms with van der Waals surface area (Å²) in [5.74, 6) is 0.246. The molecular formula is C23H28FNO4S. The van der Waals surface area contributed by atoms with Crippen LogP contribution in [0, 0.1) is 5.82 Å². The molecule has 2 aliphatic heterocycles. The molecule has 2 aromatic rings. The molecule has 2 aliphatic rings. The van der Waals surface area contributed by atoms with Gasteiger partial charge in [-0.2, -0.15) is 8.42 Å². The number of hydrogen-bond donors (Lipinski definition) is 0. The van der Waals surface area contributed by atoms with Crippen molar-refractivity contribution in [1.82, 2.24) is 4.90 Å². The van der Waals surface area contributed by atoms with Gasteiger partial charge in [-0.25, -0.2) is 4.39 Å². The summed E-state index contributed by atoms with van der Waals surface area (Å²) in [5.41, 5.74) is 2.13. The van der Waals surface area contributed by atoms with Crippen molar-refractivity contribution in [3.8, 4) is 0 Å². The fourth-order valence-electron chi connectivity index (χ4n) is 4.57. The fraction of sp³-hybridized carbons (Fsp3) is 0.478. The average molecular weight is 434 g/mol. The van der Waals surface area contributed by atoms with Gasteiger partial charge in [0.25, 0.3) is 10.1 Å². The molecular weight excluding hydrogens is 405 g/mol. The van der Waals surface area contributed by atoms with Crippen LogP contribution in [0.25, 0.3) is 0 Å². The molecule has 0 saturated carbocycles. The normalized spacial score (nSPS) is 26.1. The van der Waals surface area contributed by atoms with Gasteiger partial charge in [-0.3, -0.25) is 4.18 Å². The van der Waals surface area contributed by atoms with Gasteiger partial charge in [-0.1, -0.05) is 42.5 Å². The lowest BCUT2D eigenvalue weighted by Gasteiger charge is -2.33. The van der Waals surface area contributed by atoms with Crippen LogP contribution in [0.2, 0.25) is 0 Å². The monoisotopic (exact) mass is 433 g/mol. The fourth-order valence-corrected chi connectivity index (χ4v) is 5.20. The highest BCUT2D eigenvalue weighted by atomic mass is 32.2. The third-order valence-electron chi connectivity index (χ3n) is 5.99.